The highest BCUT2D eigenvalue weighted by Gasteiger charge is 2.41. The van der Waals surface area contributed by atoms with Crippen LogP contribution in [0, 0.1) is 5.92 Å². The Hall–Kier alpha value is -2.24. The third-order valence-electron chi connectivity index (χ3n) is 4.53. The van der Waals surface area contributed by atoms with Crippen molar-refractivity contribution in [1.29, 1.82) is 0 Å². The quantitative estimate of drug-likeness (QED) is 0.900. The summed E-state index contributed by atoms with van der Waals surface area (Å²) in [6.07, 6.45) is 9.05. The molecule has 0 spiro atoms. The number of carboxylic acids is 1. The third kappa shape index (κ3) is 1.51. The number of rotatable bonds is 2. The van der Waals surface area contributed by atoms with E-state index in [0.717, 1.165) is 30.5 Å². The summed E-state index contributed by atoms with van der Waals surface area (Å²) in [6.45, 7) is 0. The molecular weight excluding hydrogens is 256 g/mol. The first-order valence-corrected chi connectivity index (χ1v) is 6.87. The average molecular weight is 270 g/mol. The molecule has 2 aromatic heterocycles. The molecule has 2 unspecified atom stereocenters. The standard InChI is InChI=1S/C14H14N4O2/c19-14(20)12-10-4-2-8-1-3-9(8)13(10)18(17-12)11-7-15-5-6-16-11/h5-9H,1-4H2,(H,19,20). The largest absolute Gasteiger partial charge is 0.476 e. The first-order chi connectivity index (χ1) is 9.75. The third-order valence-corrected chi connectivity index (χ3v) is 4.53. The summed E-state index contributed by atoms with van der Waals surface area (Å²) in [6, 6.07) is 0. The molecule has 0 radical (unpaired) electrons. The monoisotopic (exact) mass is 270 g/mol. The van der Waals surface area contributed by atoms with Gasteiger partial charge in [-0.1, -0.05) is 0 Å². The van der Waals surface area contributed by atoms with Crippen LogP contribution in [0.4, 0.5) is 0 Å². The molecule has 102 valence electrons. The number of aromatic carboxylic acids is 1. The number of aromatic nitrogens is 4. The van der Waals surface area contributed by atoms with Crippen molar-refractivity contribution in [3.05, 3.63) is 35.5 Å². The van der Waals surface area contributed by atoms with Gasteiger partial charge in [-0.25, -0.2) is 14.5 Å². The minimum Gasteiger partial charge on any atom is -0.476 e. The van der Waals surface area contributed by atoms with Crippen LogP contribution in [0.3, 0.4) is 0 Å². The van der Waals surface area contributed by atoms with Crippen molar-refractivity contribution in [1.82, 2.24) is 19.7 Å². The van der Waals surface area contributed by atoms with Gasteiger partial charge in [0.05, 0.1) is 11.9 Å². The molecule has 1 N–H and O–H groups in total. The van der Waals surface area contributed by atoms with E-state index in [1.807, 2.05) is 0 Å². The van der Waals surface area contributed by atoms with Gasteiger partial charge in [0.15, 0.2) is 11.5 Å². The molecule has 0 saturated heterocycles. The molecule has 20 heavy (non-hydrogen) atoms. The second-order valence-electron chi connectivity index (χ2n) is 5.48. The van der Waals surface area contributed by atoms with Gasteiger partial charge < -0.3 is 5.11 Å². The number of carbonyl (C=O) groups is 1. The van der Waals surface area contributed by atoms with E-state index in [1.54, 1.807) is 23.3 Å². The first kappa shape index (κ1) is 11.6. The predicted octanol–water partition coefficient (Wildman–Crippen LogP) is 1.80. The van der Waals surface area contributed by atoms with Gasteiger partial charge in [-0.15, -0.1) is 0 Å². The Morgan fingerprint density at radius 2 is 2.20 bits per heavy atom. The Balaban J connectivity index is 1.93. The van der Waals surface area contributed by atoms with Gasteiger partial charge in [0.1, 0.15) is 0 Å². The van der Waals surface area contributed by atoms with Gasteiger partial charge in [-0.05, 0) is 31.6 Å². The maximum Gasteiger partial charge on any atom is 0.356 e. The van der Waals surface area contributed by atoms with Crippen molar-refractivity contribution in [2.24, 2.45) is 5.92 Å². The van der Waals surface area contributed by atoms with Crippen LogP contribution in [0.15, 0.2) is 18.6 Å². The minimum atomic E-state index is -0.957. The van der Waals surface area contributed by atoms with E-state index in [1.165, 1.54) is 6.42 Å². The van der Waals surface area contributed by atoms with E-state index in [-0.39, 0.29) is 5.69 Å². The fourth-order valence-electron chi connectivity index (χ4n) is 3.44. The number of fused-ring (bicyclic) bond motifs is 3. The van der Waals surface area contributed by atoms with Gasteiger partial charge in [-0.2, -0.15) is 5.10 Å². The van der Waals surface area contributed by atoms with Crippen LogP contribution >= 0.6 is 0 Å². The Morgan fingerprint density at radius 3 is 2.85 bits per heavy atom. The van der Waals surface area contributed by atoms with Gasteiger partial charge in [0, 0.05) is 23.9 Å². The summed E-state index contributed by atoms with van der Waals surface area (Å²) >= 11 is 0. The Morgan fingerprint density at radius 1 is 1.30 bits per heavy atom. The molecule has 1 fully saturated rings. The predicted molar refractivity (Wildman–Crippen MR) is 69.9 cm³/mol. The molecule has 2 aromatic rings. The van der Waals surface area contributed by atoms with Crippen molar-refractivity contribution in [3.8, 4) is 5.82 Å². The molecule has 0 amide bonds. The molecule has 6 nitrogen and oxygen atoms in total. The Labute approximate surface area is 115 Å². The number of nitrogens with zero attached hydrogens (tertiary/aromatic N) is 4. The lowest BCUT2D eigenvalue weighted by molar-refractivity contribution is 0.0688. The number of carboxylic acid groups (broad SMARTS) is 1. The molecular formula is C14H14N4O2. The molecule has 0 aliphatic heterocycles. The van der Waals surface area contributed by atoms with Crippen molar-refractivity contribution < 1.29 is 9.90 Å². The lowest BCUT2D eigenvalue weighted by Gasteiger charge is -2.40. The first-order valence-electron chi connectivity index (χ1n) is 6.87. The van der Waals surface area contributed by atoms with Gasteiger partial charge >= 0.3 is 5.97 Å². The van der Waals surface area contributed by atoms with Crippen molar-refractivity contribution in [2.45, 2.75) is 31.6 Å². The molecule has 0 aromatic carbocycles. The summed E-state index contributed by atoms with van der Waals surface area (Å²) in [7, 11) is 0. The van der Waals surface area contributed by atoms with Crippen LogP contribution in [-0.4, -0.2) is 30.8 Å². The summed E-state index contributed by atoms with van der Waals surface area (Å²) < 4.78 is 1.70. The zero-order valence-electron chi connectivity index (χ0n) is 10.9. The fourth-order valence-corrected chi connectivity index (χ4v) is 3.44. The maximum atomic E-state index is 11.4. The molecule has 6 heteroatoms. The summed E-state index contributed by atoms with van der Waals surface area (Å²) in [5.74, 6) is 0.753. The van der Waals surface area contributed by atoms with Gasteiger partial charge in [0.2, 0.25) is 0 Å². The van der Waals surface area contributed by atoms with Crippen molar-refractivity contribution in [3.63, 3.8) is 0 Å². The molecule has 1 saturated carbocycles. The van der Waals surface area contributed by atoms with Crippen LogP contribution < -0.4 is 0 Å². The van der Waals surface area contributed by atoms with E-state index < -0.39 is 5.97 Å². The van der Waals surface area contributed by atoms with Crippen molar-refractivity contribution in [2.75, 3.05) is 0 Å². The minimum absolute atomic E-state index is 0.177. The maximum absolute atomic E-state index is 11.4. The average Bonchev–Trinajstić information content (AvgIpc) is 2.79. The number of hydrogen-bond donors (Lipinski definition) is 1. The van der Waals surface area contributed by atoms with Crippen molar-refractivity contribution >= 4 is 5.97 Å². The fraction of sp³-hybridized carbons (Fsp3) is 0.429. The highest BCUT2D eigenvalue weighted by Crippen LogP contribution is 2.50. The lowest BCUT2D eigenvalue weighted by atomic mass is 9.65. The summed E-state index contributed by atoms with van der Waals surface area (Å²) in [5.41, 5.74) is 2.12. The van der Waals surface area contributed by atoms with Gasteiger partial charge in [0.25, 0.3) is 0 Å². The zero-order valence-corrected chi connectivity index (χ0v) is 10.9. The second kappa shape index (κ2) is 4.13. The van der Waals surface area contributed by atoms with Crippen LogP contribution in [-0.2, 0) is 6.42 Å². The highest BCUT2D eigenvalue weighted by molar-refractivity contribution is 5.87. The lowest BCUT2D eigenvalue weighted by Crippen LogP contribution is -2.31. The summed E-state index contributed by atoms with van der Waals surface area (Å²) in [5, 5.41) is 13.7. The topological polar surface area (TPSA) is 80.9 Å². The molecule has 2 heterocycles. The van der Waals surface area contributed by atoms with Gasteiger partial charge in [-0.3, -0.25) is 4.98 Å². The van der Waals surface area contributed by atoms with E-state index >= 15 is 0 Å². The smallest absolute Gasteiger partial charge is 0.356 e. The van der Waals surface area contributed by atoms with Crippen LogP contribution in [0.5, 0.6) is 0 Å². The normalized spacial score (nSPS) is 23.6. The van der Waals surface area contributed by atoms with E-state index in [9.17, 15) is 9.90 Å². The second-order valence-corrected chi connectivity index (χ2v) is 5.48. The number of hydrogen-bond acceptors (Lipinski definition) is 4. The van der Waals surface area contributed by atoms with Crippen LogP contribution in [0.1, 0.15) is 46.9 Å². The zero-order chi connectivity index (χ0) is 13.7. The molecule has 2 aliphatic rings. The van der Waals surface area contributed by atoms with E-state index in [2.05, 4.69) is 15.1 Å². The summed E-state index contributed by atoms with van der Waals surface area (Å²) in [4.78, 5) is 19.7. The molecule has 2 aliphatic carbocycles. The van der Waals surface area contributed by atoms with Crippen LogP contribution in [0.2, 0.25) is 0 Å². The van der Waals surface area contributed by atoms with E-state index in [0.29, 0.717) is 17.7 Å². The molecule has 4 rings (SSSR count). The Bertz CT molecular complexity index is 680. The van der Waals surface area contributed by atoms with E-state index in [4.69, 9.17) is 0 Å². The Kier molecular flexibility index (Phi) is 2.39. The highest BCUT2D eigenvalue weighted by atomic mass is 16.4. The SMILES string of the molecule is O=C(O)c1nn(-c2cnccn2)c2c1CCC1CCC21. The molecule has 2 atom stereocenters. The molecule has 0 bridgehead atoms. The van der Waals surface area contributed by atoms with Crippen LogP contribution in [0.25, 0.3) is 5.82 Å².